The summed E-state index contributed by atoms with van der Waals surface area (Å²) in [6.45, 7) is 1.99. The van der Waals surface area contributed by atoms with Gasteiger partial charge < -0.3 is 15.0 Å². The van der Waals surface area contributed by atoms with Gasteiger partial charge in [0.25, 0.3) is 17.5 Å². The number of non-ortho nitro benzene ring substituents is 1. The molecule has 1 N–H and O–H groups in total. The molecule has 2 heterocycles. The second-order valence-corrected chi connectivity index (χ2v) is 8.42. The molecule has 11 heteroatoms. The Balaban J connectivity index is 1.62. The predicted octanol–water partition coefficient (Wildman–Crippen LogP) is 2.51. The molecule has 0 saturated carbocycles. The number of carbonyl (C=O) groups is 4. The number of anilines is 2. The van der Waals surface area contributed by atoms with E-state index in [0.717, 1.165) is 17.4 Å². The van der Waals surface area contributed by atoms with Crippen molar-refractivity contribution < 1.29 is 28.8 Å². The third kappa shape index (κ3) is 5.19. The second kappa shape index (κ2) is 10.0. The fraction of sp³-hybridized carbons (Fsp3) is 0.333. The average Bonchev–Trinajstić information content (AvgIpc) is 3.45. The van der Waals surface area contributed by atoms with Crippen LogP contribution in [0.4, 0.5) is 17.1 Å². The highest BCUT2D eigenvalue weighted by Gasteiger charge is 2.45. The van der Waals surface area contributed by atoms with E-state index in [4.69, 9.17) is 4.74 Å². The van der Waals surface area contributed by atoms with Crippen LogP contribution in [0.3, 0.4) is 0 Å². The lowest BCUT2D eigenvalue weighted by Crippen LogP contribution is -2.48. The number of hydrogen-bond acceptors (Lipinski definition) is 7. The molecular weight excluding hydrogens is 456 g/mol. The highest BCUT2D eigenvalue weighted by molar-refractivity contribution is 6.23. The number of rotatable bonds is 7. The summed E-state index contributed by atoms with van der Waals surface area (Å²) in [6, 6.07) is 10.4. The van der Waals surface area contributed by atoms with Crippen LogP contribution in [0.15, 0.2) is 48.5 Å². The summed E-state index contributed by atoms with van der Waals surface area (Å²) < 4.78 is 5.66. The number of nitrogens with zero attached hydrogens (tertiary/aromatic N) is 3. The maximum atomic E-state index is 13.5. The highest BCUT2D eigenvalue weighted by atomic mass is 16.6. The Bertz CT molecular complexity index is 1170. The van der Waals surface area contributed by atoms with Crippen molar-refractivity contribution >= 4 is 40.7 Å². The van der Waals surface area contributed by atoms with Gasteiger partial charge in [-0.15, -0.1) is 0 Å². The molecule has 0 aromatic heterocycles. The van der Waals surface area contributed by atoms with Gasteiger partial charge in [0, 0.05) is 43.5 Å². The quantitative estimate of drug-likeness (QED) is 0.365. The molecule has 0 bridgehead atoms. The van der Waals surface area contributed by atoms with E-state index in [9.17, 15) is 29.3 Å². The van der Waals surface area contributed by atoms with Crippen LogP contribution in [-0.2, 0) is 19.1 Å². The summed E-state index contributed by atoms with van der Waals surface area (Å²) in [5, 5.41) is 13.8. The molecule has 0 spiro atoms. The SMILES string of the molecule is CC(=O)Nc1ccc(N2C(=O)CC(N(CC3CCCO3)C(=O)c3cccc([N+](=O)[O-])c3)C2=O)cc1. The van der Waals surface area contributed by atoms with Crippen LogP contribution >= 0.6 is 0 Å². The molecule has 4 amide bonds. The Kier molecular flexibility index (Phi) is 6.87. The van der Waals surface area contributed by atoms with Crippen molar-refractivity contribution in [2.45, 2.75) is 38.3 Å². The lowest BCUT2D eigenvalue weighted by atomic mass is 10.1. The number of nitro benzene ring substituents is 1. The first-order valence-electron chi connectivity index (χ1n) is 11.2. The van der Waals surface area contributed by atoms with Crippen molar-refractivity contribution in [3.05, 3.63) is 64.2 Å². The van der Waals surface area contributed by atoms with Crippen molar-refractivity contribution in [3.8, 4) is 0 Å². The fourth-order valence-electron chi connectivity index (χ4n) is 4.31. The molecule has 2 aromatic rings. The average molecular weight is 480 g/mol. The Hall–Kier alpha value is -4.12. The summed E-state index contributed by atoms with van der Waals surface area (Å²) >= 11 is 0. The minimum absolute atomic E-state index is 0.0514. The number of benzene rings is 2. The largest absolute Gasteiger partial charge is 0.376 e. The number of carbonyl (C=O) groups excluding carboxylic acids is 4. The van der Waals surface area contributed by atoms with Crippen LogP contribution in [0.25, 0.3) is 0 Å². The van der Waals surface area contributed by atoms with E-state index in [1.807, 2.05) is 0 Å². The highest BCUT2D eigenvalue weighted by Crippen LogP contribution is 2.29. The summed E-state index contributed by atoms with van der Waals surface area (Å²) in [6.07, 6.45) is 0.988. The number of amides is 4. The van der Waals surface area contributed by atoms with E-state index in [2.05, 4.69) is 5.32 Å². The van der Waals surface area contributed by atoms with Gasteiger partial charge in [-0.25, -0.2) is 4.90 Å². The molecule has 2 aliphatic heterocycles. The zero-order valence-electron chi connectivity index (χ0n) is 19.0. The second-order valence-electron chi connectivity index (χ2n) is 8.42. The van der Waals surface area contributed by atoms with Crippen molar-refractivity contribution in [3.63, 3.8) is 0 Å². The molecule has 35 heavy (non-hydrogen) atoms. The van der Waals surface area contributed by atoms with Crippen LogP contribution in [0, 0.1) is 10.1 Å². The molecule has 2 fully saturated rings. The fourth-order valence-corrected chi connectivity index (χ4v) is 4.31. The molecule has 182 valence electrons. The van der Waals surface area contributed by atoms with Gasteiger partial charge >= 0.3 is 0 Å². The first kappa shape index (κ1) is 24.0. The molecule has 2 unspecified atom stereocenters. The molecule has 2 aromatic carbocycles. The Labute approximate surface area is 200 Å². The number of nitro groups is 1. The summed E-state index contributed by atoms with van der Waals surface area (Å²) in [5.74, 6) is -1.88. The van der Waals surface area contributed by atoms with Crippen molar-refractivity contribution in [1.82, 2.24) is 4.90 Å². The van der Waals surface area contributed by atoms with Gasteiger partial charge in [0.1, 0.15) is 6.04 Å². The minimum Gasteiger partial charge on any atom is -0.376 e. The van der Waals surface area contributed by atoms with Crippen LogP contribution in [-0.4, -0.2) is 58.7 Å². The first-order chi connectivity index (χ1) is 16.7. The Morgan fingerprint density at radius 2 is 1.94 bits per heavy atom. The summed E-state index contributed by atoms with van der Waals surface area (Å²) in [5.41, 5.74) is 0.632. The molecular formula is C24H24N4O7. The lowest BCUT2D eigenvalue weighted by Gasteiger charge is -2.29. The Morgan fingerprint density at radius 1 is 1.20 bits per heavy atom. The van der Waals surface area contributed by atoms with E-state index >= 15 is 0 Å². The van der Waals surface area contributed by atoms with Crippen LogP contribution < -0.4 is 10.2 Å². The number of imide groups is 1. The van der Waals surface area contributed by atoms with Crippen molar-refractivity contribution in [1.29, 1.82) is 0 Å². The van der Waals surface area contributed by atoms with Gasteiger partial charge in [-0.3, -0.25) is 29.3 Å². The number of hydrogen-bond donors (Lipinski definition) is 1. The Morgan fingerprint density at radius 3 is 2.57 bits per heavy atom. The molecule has 2 aliphatic rings. The van der Waals surface area contributed by atoms with E-state index < -0.39 is 28.7 Å². The first-order valence-corrected chi connectivity index (χ1v) is 11.2. The number of ether oxygens (including phenoxy) is 1. The molecule has 0 aliphatic carbocycles. The monoisotopic (exact) mass is 480 g/mol. The summed E-state index contributed by atoms with van der Waals surface area (Å²) in [7, 11) is 0. The predicted molar refractivity (Wildman–Crippen MR) is 125 cm³/mol. The van der Waals surface area contributed by atoms with Gasteiger partial charge in [-0.05, 0) is 43.2 Å². The zero-order chi connectivity index (χ0) is 25.1. The molecule has 0 radical (unpaired) electrons. The molecule has 2 atom stereocenters. The molecule has 11 nitrogen and oxygen atoms in total. The van der Waals surface area contributed by atoms with Crippen LogP contribution in [0.5, 0.6) is 0 Å². The van der Waals surface area contributed by atoms with Gasteiger partial charge in [-0.1, -0.05) is 6.07 Å². The van der Waals surface area contributed by atoms with Gasteiger partial charge in [0.05, 0.1) is 23.1 Å². The third-order valence-electron chi connectivity index (χ3n) is 5.93. The van der Waals surface area contributed by atoms with Crippen molar-refractivity contribution in [2.24, 2.45) is 0 Å². The molecule has 2 saturated heterocycles. The van der Waals surface area contributed by atoms with E-state index in [1.165, 1.54) is 42.2 Å². The van der Waals surface area contributed by atoms with E-state index in [-0.39, 0.29) is 36.2 Å². The van der Waals surface area contributed by atoms with Crippen molar-refractivity contribution in [2.75, 3.05) is 23.4 Å². The topological polar surface area (TPSA) is 139 Å². The van der Waals surface area contributed by atoms with Gasteiger partial charge in [0.15, 0.2) is 0 Å². The maximum absolute atomic E-state index is 13.5. The van der Waals surface area contributed by atoms with Crippen LogP contribution in [0.2, 0.25) is 0 Å². The lowest BCUT2D eigenvalue weighted by molar-refractivity contribution is -0.384. The standard InChI is InChI=1S/C24H24N4O7/c1-15(29)25-17-7-9-18(10-8-17)27-22(30)13-21(24(27)32)26(14-20-6-3-11-35-20)23(31)16-4-2-5-19(12-16)28(33)34/h2,4-5,7-10,12,20-21H,3,6,11,13-14H2,1H3,(H,25,29). The van der Waals surface area contributed by atoms with Crippen LogP contribution in [0.1, 0.15) is 36.5 Å². The van der Waals surface area contributed by atoms with E-state index in [0.29, 0.717) is 24.4 Å². The molecule has 4 rings (SSSR count). The zero-order valence-corrected chi connectivity index (χ0v) is 19.0. The normalized spacial score (nSPS) is 19.6. The van der Waals surface area contributed by atoms with E-state index in [1.54, 1.807) is 12.1 Å². The minimum atomic E-state index is -1.08. The smallest absolute Gasteiger partial charge is 0.270 e. The summed E-state index contributed by atoms with van der Waals surface area (Å²) in [4.78, 5) is 63.9. The van der Waals surface area contributed by atoms with Gasteiger partial charge in [0.2, 0.25) is 11.8 Å². The van der Waals surface area contributed by atoms with Gasteiger partial charge in [-0.2, -0.15) is 0 Å². The third-order valence-corrected chi connectivity index (χ3v) is 5.93. The maximum Gasteiger partial charge on any atom is 0.270 e. The number of nitrogens with one attached hydrogen (secondary N) is 1.